The minimum atomic E-state index is -0.624. The van der Waals surface area contributed by atoms with Crippen molar-refractivity contribution in [2.24, 2.45) is 0 Å². The highest BCUT2D eigenvalue weighted by Gasteiger charge is 2.53. The smallest absolute Gasteiger partial charge is 0.402 e. The van der Waals surface area contributed by atoms with Gasteiger partial charge in [0.25, 0.3) is 0 Å². The van der Waals surface area contributed by atoms with Crippen molar-refractivity contribution in [3.63, 3.8) is 0 Å². The topological polar surface area (TPSA) is 47.9 Å². The molecule has 1 aromatic rings. The molecular weight excluding hydrogens is 279 g/mol. The molecule has 0 spiro atoms. The van der Waals surface area contributed by atoms with E-state index in [-0.39, 0.29) is 0 Å². The fraction of sp³-hybridized carbons (Fsp3) is 0.647. The summed E-state index contributed by atoms with van der Waals surface area (Å²) in [7, 11) is -0.556. The summed E-state index contributed by atoms with van der Waals surface area (Å²) >= 11 is 0. The molecule has 1 aromatic carbocycles. The quantitative estimate of drug-likeness (QED) is 0.621. The molecule has 0 bridgehead atoms. The summed E-state index contributed by atoms with van der Waals surface area (Å²) in [6, 6.07) is 9.45. The Morgan fingerprint density at radius 3 is 2.27 bits per heavy atom. The Morgan fingerprint density at radius 1 is 1.09 bits per heavy atom. The normalized spacial score (nSPS) is 21.0. The van der Waals surface area contributed by atoms with Crippen LogP contribution in [0, 0.1) is 0 Å². The van der Waals surface area contributed by atoms with Gasteiger partial charge in [0.1, 0.15) is 0 Å². The fourth-order valence-electron chi connectivity index (χ4n) is 2.34. The van der Waals surface area contributed by atoms with Gasteiger partial charge in [0, 0.05) is 6.61 Å². The number of hydrogen-bond acceptors (Lipinski definition) is 4. The van der Waals surface area contributed by atoms with Crippen molar-refractivity contribution < 1.29 is 19.2 Å². The van der Waals surface area contributed by atoms with Gasteiger partial charge in [0.2, 0.25) is 0 Å². The molecule has 22 heavy (non-hydrogen) atoms. The lowest BCUT2D eigenvalue weighted by Crippen LogP contribution is -2.41. The van der Waals surface area contributed by atoms with E-state index in [4.69, 9.17) is 14.0 Å². The third kappa shape index (κ3) is 4.32. The molecular formula is C17H27BO4. The summed E-state index contributed by atoms with van der Waals surface area (Å²) in [6.07, 6.45) is 1.38. The first-order valence-corrected chi connectivity index (χ1v) is 7.97. The van der Waals surface area contributed by atoms with Gasteiger partial charge in [-0.1, -0.05) is 30.3 Å². The Balaban J connectivity index is 1.65. The third-order valence-electron chi connectivity index (χ3n) is 4.49. The number of hydrogen-bond donors (Lipinski definition) is 1. The van der Waals surface area contributed by atoms with Crippen molar-refractivity contribution in [2.45, 2.75) is 64.3 Å². The number of benzene rings is 1. The van der Waals surface area contributed by atoms with Crippen LogP contribution in [-0.4, -0.2) is 36.0 Å². The van der Waals surface area contributed by atoms with Gasteiger partial charge in [-0.3, -0.25) is 0 Å². The van der Waals surface area contributed by atoms with Crippen LogP contribution in [0.25, 0.3) is 0 Å². The molecule has 122 valence electrons. The van der Waals surface area contributed by atoms with E-state index in [1.165, 1.54) is 0 Å². The highest BCUT2D eigenvalue weighted by Crippen LogP contribution is 2.37. The van der Waals surface area contributed by atoms with Gasteiger partial charge in [0.05, 0.1) is 23.8 Å². The van der Waals surface area contributed by atoms with Crippen molar-refractivity contribution in [1.29, 1.82) is 0 Å². The molecule has 1 saturated heterocycles. The molecule has 1 heterocycles. The molecule has 0 aliphatic carbocycles. The second kappa shape index (κ2) is 7.13. The van der Waals surface area contributed by atoms with Crippen LogP contribution in [-0.2, 0) is 20.7 Å². The highest BCUT2D eigenvalue weighted by molar-refractivity contribution is 6.47. The van der Waals surface area contributed by atoms with Gasteiger partial charge in [0.15, 0.2) is 0 Å². The molecule has 0 aromatic heterocycles. The molecule has 1 fully saturated rings. The summed E-state index contributed by atoms with van der Waals surface area (Å²) < 4.78 is 17.3. The van der Waals surface area contributed by atoms with E-state index in [1.807, 2.05) is 58.0 Å². The molecule has 0 amide bonds. The van der Waals surface area contributed by atoms with E-state index < -0.39 is 24.3 Å². The zero-order chi connectivity index (χ0) is 16.2. The van der Waals surface area contributed by atoms with Crippen LogP contribution in [0.3, 0.4) is 0 Å². The molecule has 1 unspecified atom stereocenters. The Labute approximate surface area is 133 Å². The minimum absolute atomic E-state index is 0.400. The Kier molecular flexibility index (Phi) is 5.67. The van der Waals surface area contributed by atoms with Crippen LogP contribution in [0.4, 0.5) is 0 Å². The lowest BCUT2D eigenvalue weighted by atomic mass is 9.78. The predicted molar refractivity (Wildman–Crippen MR) is 87.4 cm³/mol. The molecule has 2 rings (SSSR count). The van der Waals surface area contributed by atoms with Crippen LogP contribution < -0.4 is 0 Å². The van der Waals surface area contributed by atoms with Gasteiger partial charge in [-0.2, -0.15) is 0 Å². The molecule has 0 radical (unpaired) electrons. The maximum Gasteiger partial charge on any atom is 0.488 e. The number of rotatable bonds is 7. The summed E-state index contributed by atoms with van der Waals surface area (Å²) in [5.41, 5.74) is 0.360. The van der Waals surface area contributed by atoms with Gasteiger partial charge in [-0.15, -0.1) is 0 Å². The first-order chi connectivity index (χ1) is 10.3. The van der Waals surface area contributed by atoms with E-state index in [2.05, 4.69) is 0 Å². The summed E-state index contributed by atoms with van der Waals surface area (Å²) in [5, 5.41) is 10.2. The highest BCUT2D eigenvalue weighted by atomic mass is 16.7. The number of ether oxygens (including phenoxy) is 1. The minimum Gasteiger partial charge on any atom is -0.402 e. The van der Waals surface area contributed by atoms with Crippen LogP contribution in [0.15, 0.2) is 30.3 Å². The Bertz CT molecular complexity index is 445. The van der Waals surface area contributed by atoms with Crippen LogP contribution >= 0.6 is 0 Å². The largest absolute Gasteiger partial charge is 0.488 e. The molecule has 1 N–H and O–H groups in total. The number of aliphatic hydroxyl groups excluding tert-OH is 1. The van der Waals surface area contributed by atoms with Gasteiger partial charge < -0.3 is 19.2 Å². The monoisotopic (exact) mass is 306 g/mol. The Morgan fingerprint density at radius 2 is 1.68 bits per heavy atom. The van der Waals surface area contributed by atoms with Crippen molar-refractivity contribution in [3.05, 3.63) is 35.9 Å². The van der Waals surface area contributed by atoms with Gasteiger partial charge >= 0.3 is 7.12 Å². The third-order valence-corrected chi connectivity index (χ3v) is 4.49. The summed E-state index contributed by atoms with van der Waals surface area (Å²) in [6.45, 7) is 9.18. The lowest BCUT2D eigenvalue weighted by Gasteiger charge is -2.32. The van der Waals surface area contributed by atoms with Crippen LogP contribution in [0.5, 0.6) is 0 Å². The summed E-state index contributed by atoms with van der Waals surface area (Å²) in [5.74, 6) is 0. The van der Waals surface area contributed by atoms with E-state index in [0.717, 1.165) is 12.0 Å². The Hall–Kier alpha value is -0.875. The first-order valence-electron chi connectivity index (χ1n) is 7.97. The van der Waals surface area contributed by atoms with Crippen LogP contribution in [0.1, 0.15) is 46.1 Å². The van der Waals surface area contributed by atoms with E-state index in [0.29, 0.717) is 19.6 Å². The summed E-state index contributed by atoms with van der Waals surface area (Å²) in [4.78, 5) is 0. The lowest BCUT2D eigenvalue weighted by molar-refractivity contribution is 0.00578. The second-order valence-corrected chi connectivity index (χ2v) is 6.87. The molecule has 5 heteroatoms. The zero-order valence-corrected chi connectivity index (χ0v) is 14.0. The zero-order valence-electron chi connectivity index (χ0n) is 14.0. The molecule has 1 atom stereocenters. The average Bonchev–Trinajstić information content (AvgIpc) is 2.68. The van der Waals surface area contributed by atoms with Crippen LogP contribution in [0.2, 0.25) is 0 Å². The fourth-order valence-corrected chi connectivity index (χ4v) is 2.34. The SMILES string of the molecule is CC1(C)OB(C(O)CCCOCc2ccccc2)OC1(C)C. The van der Waals surface area contributed by atoms with E-state index in [1.54, 1.807) is 0 Å². The molecule has 0 saturated carbocycles. The van der Waals surface area contributed by atoms with Gasteiger partial charge in [-0.05, 0) is 46.1 Å². The molecule has 1 aliphatic heterocycles. The van der Waals surface area contributed by atoms with E-state index >= 15 is 0 Å². The van der Waals surface area contributed by atoms with Crippen molar-refractivity contribution in [1.82, 2.24) is 0 Å². The maximum absolute atomic E-state index is 10.2. The number of aliphatic hydroxyl groups is 1. The van der Waals surface area contributed by atoms with Gasteiger partial charge in [-0.25, -0.2) is 0 Å². The predicted octanol–water partition coefficient (Wildman–Crippen LogP) is 2.98. The molecule has 1 aliphatic rings. The van der Waals surface area contributed by atoms with Crippen molar-refractivity contribution >= 4 is 7.12 Å². The van der Waals surface area contributed by atoms with Crippen molar-refractivity contribution in [3.8, 4) is 0 Å². The molecule has 4 nitrogen and oxygen atoms in total. The second-order valence-electron chi connectivity index (χ2n) is 6.87. The van der Waals surface area contributed by atoms with E-state index in [9.17, 15) is 5.11 Å². The first kappa shape index (κ1) is 17.5. The standard InChI is InChI=1S/C17H27BO4/c1-16(2)17(3,4)22-18(21-16)15(19)11-8-12-20-13-14-9-6-5-7-10-14/h5-7,9-10,15,19H,8,11-13H2,1-4H3. The van der Waals surface area contributed by atoms with Crippen molar-refractivity contribution in [2.75, 3.05) is 6.61 Å². The average molecular weight is 306 g/mol. The maximum atomic E-state index is 10.2.